The second-order valence-electron chi connectivity index (χ2n) is 6.41. The molecule has 7 heteroatoms. The molecule has 1 atom stereocenters. The van der Waals surface area contributed by atoms with Crippen LogP contribution in [-0.2, 0) is 4.79 Å². The number of halogens is 2. The molecule has 1 saturated heterocycles. The summed E-state index contributed by atoms with van der Waals surface area (Å²) in [6.07, 6.45) is 1.84. The summed E-state index contributed by atoms with van der Waals surface area (Å²) in [4.78, 5) is 14.4. The van der Waals surface area contributed by atoms with E-state index in [9.17, 15) is 13.6 Å². The van der Waals surface area contributed by atoms with Gasteiger partial charge in [-0.3, -0.25) is 9.69 Å². The Bertz CT molecular complexity index is 829. The molecule has 1 fully saturated rings. The zero-order valence-electron chi connectivity index (χ0n) is 15.3. The van der Waals surface area contributed by atoms with Crippen LogP contribution in [0.1, 0.15) is 24.4 Å². The van der Waals surface area contributed by atoms with Crippen molar-refractivity contribution in [2.24, 2.45) is 0 Å². The van der Waals surface area contributed by atoms with E-state index in [1.165, 1.54) is 6.07 Å². The van der Waals surface area contributed by atoms with Gasteiger partial charge in [-0.1, -0.05) is 0 Å². The maximum Gasteiger partial charge on any atom is 0.238 e. The number of anilines is 1. The molecular formula is C20H22F2N2O3. The van der Waals surface area contributed by atoms with Crippen LogP contribution in [0.3, 0.4) is 0 Å². The molecule has 1 amide bonds. The van der Waals surface area contributed by atoms with Gasteiger partial charge in [0.15, 0.2) is 11.6 Å². The van der Waals surface area contributed by atoms with E-state index in [1.54, 1.807) is 14.2 Å². The predicted octanol–water partition coefficient (Wildman–Crippen LogP) is 3.76. The van der Waals surface area contributed by atoms with Crippen LogP contribution in [-0.4, -0.2) is 38.1 Å². The first kappa shape index (κ1) is 19.1. The molecule has 3 rings (SSSR count). The molecule has 0 saturated carbocycles. The zero-order valence-corrected chi connectivity index (χ0v) is 15.3. The maximum atomic E-state index is 13.3. The van der Waals surface area contributed by atoms with Crippen LogP contribution in [0.25, 0.3) is 0 Å². The van der Waals surface area contributed by atoms with Crippen molar-refractivity contribution in [2.45, 2.75) is 18.9 Å². The number of methoxy groups -OCH3 is 2. The van der Waals surface area contributed by atoms with Crippen LogP contribution < -0.4 is 14.8 Å². The fourth-order valence-electron chi connectivity index (χ4n) is 3.43. The summed E-state index contributed by atoms with van der Waals surface area (Å²) in [5.41, 5.74) is 1.20. The van der Waals surface area contributed by atoms with Crippen LogP contribution in [0.5, 0.6) is 11.5 Å². The number of ether oxygens (including phenoxy) is 2. The Hall–Kier alpha value is -2.67. The Kier molecular flexibility index (Phi) is 5.91. The quantitative estimate of drug-likeness (QED) is 0.834. The number of amides is 1. The molecule has 1 heterocycles. The third-order valence-corrected chi connectivity index (χ3v) is 4.71. The van der Waals surface area contributed by atoms with Gasteiger partial charge < -0.3 is 14.8 Å². The Balaban J connectivity index is 1.73. The van der Waals surface area contributed by atoms with Crippen molar-refractivity contribution in [2.75, 3.05) is 32.6 Å². The lowest BCUT2D eigenvalue weighted by Gasteiger charge is -2.26. The first-order chi connectivity index (χ1) is 13.0. The summed E-state index contributed by atoms with van der Waals surface area (Å²) in [6.45, 7) is 0.903. The second kappa shape index (κ2) is 8.35. The molecule has 1 aliphatic heterocycles. The minimum absolute atomic E-state index is 0.0192. The second-order valence-corrected chi connectivity index (χ2v) is 6.41. The van der Waals surface area contributed by atoms with Crippen molar-refractivity contribution >= 4 is 11.6 Å². The fraction of sp³-hybridized carbons (Fsp3) is 0.350. The highest BCUT2D eigenvalue weighted by atomic mass is 19.2. The molecule has 2 aromatic rings. The first-order valence-electron chi connectivity index (χ1n) is 8.72. The number of hydrogen-bond donors (Lipinski definition) is 1. The fourth-order valence-corrected chi connectivity index (χ4v) is 3.43. The van der Waals surface area contributed by atoms with Crippen molar-refractivity contribution in [1.29, 1.82) is 0 Å². The molecular weight excluding hydrogens is 354 g/mol. The average Bonchev–Trinajstić information content (AvgIpc) is 3.11. The lowest BCUT2D eigenvalue weighted by atomic mass is 10.0. The summed E-state index contributed by atoms with van der Waals surface area (Å²) in [7, 11) is 3.22. The molecule has 0 unspecified atom stereocenters. The van der Waals surface area contributed by atoms with E-state index < -0.39 is 11.6 Å². The molecule has 0 aliphatic carbocycles. The van der Waals surface area contributed by atoms with Gasteiger partial charge in [0.05, 0.1) is 20.8 Å². The van der Waals surface area contributed by atoms with Gasteiger partial charge in [0.2, 0.25) is 5.91 Å². The van der Waals surface area contributed by atoms with Crippen molar-refractivity contribution in [3.8, 4) is 11.5 Å². The summed E-state index contributed by atoms with van der Waals surface area (Å²) in [5.74, 6) is -0.752. The third-order valence-electron chi connectivity index (χ3n) is 4.71. The Labute approximate surface area is 156 Å². The van der Waals surface area contributed by atoms with Gasteiger partial charge in [0, 0.05) is 23.4 Å². The van der Waals surface area contributed by atoms with Crippen LogP contribution in [0, 0.1) is 11.6 Å². The largest absolute Gasteiger partial charge is 0.497 e. The molecule has 0 aromatic heterocycles. The van der Waals surface area contributed by atoms with Gasteiger partial charge in [-0.2, -0.15) is 0 Å². The van der Waals surface area contributed by atoms with Crippen molar-refractivity contribution in [3.63, 3.8) is 0 Å². The molecule has 2 aromatic carbocycles. The highest BCUT2D eigenvalue weighted by Gasteiger charge is 2.30. The van der Waals surface area contributed by atoms with Gasteiger partial charge in [-0.15, -0.1) is 0 Å². The van der Waals surface area contributed by atoms with Crippen molar-refractivity contribution in [1.82, 2.24) is 4.90 Å². The lowest BCUT2D eigenvalue weighted by molar-refractivity contribution is -0.117. The van der Waals surface area contributed by atoms with Gasteiger partial charge >= 0.3 is 0 Å². The number of nitrogens with zero attached hydrogens (tertiary/aromatic N) is 1. The smallest absolute Gasteiger partial charge is 0.238 e. The number of rotatable bonds is 6. The van der Waals surface area contributed by atoms with E-state index in [0.29, 0.717) is 0 Å². The van der Waals surface area contributed by atoms with Crippen molar-refractivity contribution in [3.05, 3.63) is 53.6 Å². The monoisotopic (exact) mass is 376 g/mol. The molecule has 0 bridgehead atoms. The molecule has 0 spiro atoms. The van der Waals surface area contributed by atoms with Crippen LogP contribution >= 0.6 is 0 Å². The van der Waals surface area contributed by atoms with Gasteiger partial charge in [-0.25, -0.2) is 8.78 Å². The van der Waals surface area contributed by atoms with Crippen LogP contribution in [0.2, 0.25) is 0 Å². The summed E-state index contributed by atoms with van der Waals surface area (Å²) in [5, 5.41) is 2.62. The van der Waals surface area contributed by atoms with Gasteiger partial charge in [0.25, 0.3) is 0 Å². The Morgan fingerprint density at radius 2 is 1.96 bits per heavy atom. The molecule has 144 valence electrons. The SMILES string of the molecule is COc1ccc(OC)c([C@@H]2CCCN2CC(=O)Nc2ccc(F)c(F)c2)c1. The first-order valence-corrected chi connectivity index (χ1v) is 8.72. The standard InChI is InChI=1S/C20H22F2N2O3/c1-26-14-6-8-19(27-2)15(11-14)18-4-3-9-24(18)12-20(25)23-13-5-7-16(21)17(22)10-13/h5-8,10-11,18H,3-4,9,12H2,1-2H3,(H,23,25)/t18-/m0/s1. The summed E-state index contributed by atoms with van der Waals surface area (Å²) < 4.78 is 37.1. The van der Waals surface area contributed by atoms with Gasteiger partial charge in [-0.05, 0) is 49.7 Å². The number of benzene rings is 2. The van der Waals surface area contributed by atoms with Crippen molar-refractivity contribution < 1.29 is 23.0 Å². The summed E-state index contributed by atoms with van der Waals surface area (Å²) in [6, 6.07) is 8.93. The van der Waals surface area contributed by atoms with E-state index in [2.05, 4.69) is 5.32 Å². The van der Waals surface area contributed by atoms with E-state index >= 15 is 0 Å². The van der Waals surface area contributed by atoms with Crippen LogP contribution in [0.15, 0.2) is 36.4 Å². The van der Waals surface area contributed by atoms with E-state index in [1.807, 2.05) is 23.1 Å². The molecule has 5 nitrogen and oxygen atoms in total. The summed E-state index contributed by atoms with van der Waals surface area (Å²) >= 11 is 0. The number of carbonyl (C=O) groups is 1. The predicted molar refractivity (Wildman–Crippen MR) is 98.1 cm³/mol. The Morgan fingerprint density at radius 3 is 2.67 bits per heavy atom. The molecule has 1 aliphatic rings. The highest BCUT2D eigenvalue weighted by Crippen LogP contribution is 2.38. The van der Waals surface area contributed by atoms with E-state index in [0.717, 1.165) is 48.6 Å². The number of carbonyl (C=O) groups excluding carboxylic acids is 1. The number of hydrogen-bond acceptors (Lipinski definition) is 4. The van der Waals surface area contributed by atoms with E-state index in [-0.39, 0.29) is 24.2 Å². The molecule has 1 N–H and O–H groups in total. The minimum Gasteiger partial charge on any atom is -0.497 e. The minimum atomic E-state index is -0.993. The third kappa shape index (κ3) is 4.36. The van der Waals surface area contributed by atoms with E-state index in [4.69, 9.17) is 9.47 Å². The molecule has 0 radical (unpaired) electrons. The topological polar surface area (TPSA) is 50.8 Å². The lowest BCUT2D eigenvalue weighted by Crippen LogP contribution is -2.33. The average molecular weight is 376 g/mol. The normalized spacial score (nSPS) is 17.0. The molecule has 27 heavy (non-hydrogen) atoms. The number of nitrogens with one attached hydrogen (secondary N) is 1. The zero-order chi connectivity index (χ0) is 19.4. The highest BCUT2D eigenvalue weighted by molar-refractivity contribution is 5.92. The Morgan fingerprint density at radius 1 is 1.15 bits per heavy atom. The number of likely N-dealkylation sites (tertiary alicyclic amines) is 1. The van der Waals surface area contributed by atoms with Gasteiger partial charge in [0.1, 0.15) is 11.5 Å². The maximum absolute atomic E-state index is 13.3. The van der Waals surface area contributed by atoms with Crippen LogP contribution in [0.4, 0.5) is 14.5 Å².